The third-order valence-corrected chi connectivity index (χ3v) is 3.17. The van der Waals surface area contributed by atoms with E-state index in [9.17, 15) is 4.79 Å². The minimum Gasteiger partial charge on any atom is -0.476 e. The molecule has 0 aliphatic rings. The van der Waals surface area contributed by atoms with E-state index in [1.807, 2.05) is 12.1 Å². The molecule has 0 radical (unpaired) electrons. The maximum Gasteiger partial charge on any atom is 0.356 e. The molecule has 2 rings (SSSR count). The van der Waals surface area contributed by atoms with Crippen molar-refractivity contribution in [1.82, 2.24) is 9.78 Å². The molecule has 19 heavy (non-hydrogen) atoms. The van der Waals surface area contributed by atoms with E-state index < -0.39 is 5.97 Å². The van der Waals surface area contributed by atoms with Gasteiger partial charge in [0, 0.05) is 7.05 Å². The average Bonchev–Trinajstić information content (AvgIpc) is 2.79. The number of carboxylic acid groups (broad SMARTS) is 1. The molecule has 1 aromatic heterocycles. The van der Waals surface area contributed by atoms with Crippen molar-refractivity contribution < 1.29 is 9.90 Å². The van der Waals surface area contributed by atoms with Crippen LogP contribution in [0.3, 0.4) is 0 Å². The van der Waals surface area contributed by atoms with E-state index in [4.69, 9.17) is 5.11 Å². The van der Waals surface area contributed by atoms with E-state index in [0.29, 0.717) is 0 Å². The van der Waals surface area contributed by atoms with E-state index in [-0.39, 0.29) is 5.69 Å². The van der Waals surface area contributed by atoms with Crippen molar-refractivity contribution in [2.45, 2.75) is 26.2 Å². The van der Waals surface area contributed by atoms with Gasteiger partial charge in [0.25, 0.3) is 0 Å². The number of aromatic carboxylic acids is 1. The quantitative estimate of drug-likeness (QED) is 0.896. The van der Waals surface area contributed by atoms with Crippen LogP contribution in [0.25, 0.3) is 11.3 Å². The first-order chi connectivity index (χ1) is 9.11. The van der Waals surface area contributed by atoms with Crippen LogP contribution in [0.4, 0.5) is 0 Å². The highest BCUT2D eigenvalue weighted by Crippen LogP contribution is 2.21. The highest BCUT2D eigenvalue weighted by molar-refractivity contribution is 5.87. The Bertz CT molecular complexity index is 570. The van der Waals surface area contributed by atoms with Crippen LogP contribution in [0.1, 0.15) is 35.8 Å². The Labute approximate surface area is 112 Å². The van der Waals surface area contributed by atoms with Gasteiger partial charge in [0.15, 0.2) is 5.69 Å². The fourth-order valence-corrected chi connectivity index (χ4v) is 2.07. The number of carboxylic acids is 1. The second-order valence-corrected chi connectivity index (χ2v) is 4.64. The monoisotopic (exact) mass is 258 g/mol. The molecule has 4 nitrogen and oxygen atoms in total. The van der Waals surface area contributed by atoms with Crippen molar-refractivity contribution in [3.8, 4) is 11.3 Å². The smallest absolute Gasteiger partial charge is 0.356 e. The number of rotatable bonds is 5. The molecule has 1 aromatic carbocycles. The number of benzene rings is 1. The molecule has 2 aromatic rings. The fourth-order valence-electron chi connectivity index (χ4n) is 2.07. The van der Waals surface area contributed by atoms with Crippen LogP contribution in [-0.2, 0) is 13.5 Å². The summed E-state index contributed by atoms with van der Waals surface area (Å²) in [4.78, 5) is 10.9. The summed E-state index contributed by atoms with van der Waals surface area (Å²) in [5, 5.41) is 12.9. The van der Waals surface area contributed by atoms with Gasteiger partial charge in [-0.1, -0.05) is 37.6 Å². The molecule has 1 N–H and O–H groups in total. The molecule has 1 heterocycles. The zero-order valence-electron chi connectivity index (χ0n) is 11.3. The predicted molar refractivity (Wildman–Crippen MR) is 74.2 cm³/mol. The minimum atomic E-state index is -0.999. The fraction of sp³-hybridized carbons (Fsp3) is 0.333. The van der Waals surface area contributed by atoms with Crippen molar-refractivity contribution in [1.29, 1.82) is 0 Å². The molecule has 0 saturated heterocycles. The lowest BCUT2D eigenvalue weighted by atomic mass is 10.0. The third kappa shape index (κ3) is 3.02. The van der Waals surface area contributed by atoms with Crippen LogP contribution in [-0.4, -0.2) is 20.9 Å². The summed E-state index contributed by atoms with van der Waals surface area (Å²) in [6.07, 6.45) is 3.46. The lowest BCUT2D eigenvalue weighted by Crippen LogP contribution is -1.99. The Hall–Kier alpha value is -2.10. The lowest BCUT2D eigenvalue weighted by Gasteiger charge is -2.04. The van der Waals surface area contributed by atoms with Gasteiger partial charge in [-0.15, -0.1) is 0 Å². The topological polar surface area (TPSA) is 55.1 Å². The summed E-state index contributed by atoms with van der Waals surface area (Å²) in [6.45, 7) is 2.18. The van der Waals surface area contributed by atoms with Gasteiger partial charge >= 0.3 is 5.97 Å². The summed E-state index contributed by atoms with van der Waals surface area (Å²) >= 11 is 0. The minimum absolute atomic E-state index is 0.0764. The molecule has 0 unspecified atom stereocenters. The van der Waals surface area contributed by atoms with E-state index in [1.165, 1.54) is 18.4 Å². The van der Waals surface area contributed by atoms with Crippen LogP contribution in [0.5, 0.6) is 0 Å². The maximum absolute atomic E-state index is 10.9. The van der Waals surface area contributed by atoms with Gasteiger partial charge in [-0.2, -0.15) is 5.10 Å². The standard InChI is InChI=1S/C15H18N2O2/c1-3-4-5-11-6-8-12(9-7-11)14-10-13(15(18)19)16-17(14)2/h6-10H,3-5H2,1-2H3,(H,18,19). The molecule has 100 valence electrons. The summed E-state index contributed by atoms with van der Waals surface area (Å²) in [5.41, 5.74) is 3.20. The lowest BCUT2D eigenvalue weighted by molar-refractivity contribution is 0.0689. The normalized spacial score (nSPS) is 10.6. The molecule has 0 aliphatic carbocycles. The molecule has 4 heteroatoms. The molecule has 0 aliphatic heterocycles. The highest BCUT2D eigenvalue weighted by atomic mass is 16.4. The molecule has 0 bridgehead atoms. The Morgan fingerprint density at radius 3 is 2.53 bits per heavy atom. The number of hydrogen-bond donors (Lipinski definition) is 1. The van der Waals surface area contributed by atoms with Gasteiger partial charge in [-0.25, -0.2) is 4.79 Å². The van der Waals surface area contributed by atoms with E-state index in [1.54, 1.807) is 17.8 Å². The number of nitrogens with zero attached hydrogens (tertiary/aromatic N) is 2. The van der Waals surface area contributed by atoms with Crippen LogP contribution in [0.2, 0.25) is 0 Å². The summed E-state index contributed by atoms with van der Waals surface area (Å²) in [5.74, 6) is -0.999. The Kier molecular flexibility index (Phi) is 4.00. The summed E-state index contributed by atoms with van der Waals surface area (Å²) < 4.78 is 1.60. The van der Waals surface area contributed by atoms with Gasteiger partial charge in [0.1, 0.15) is 0 Å². The maximum atomic E-state index is 10.9. The number of hydrogen-bond acceptors (Lipinski definition) is 2. The zero-order valence-corrected chi connectivity index (χ0v) is 11.3. The average molecular weight is 258 g/mol. The van der Waals surface area contributed by atoms with Crippen LogP contribution in [0.15, 0.2) is 30.3 Å². The third-order valence-electron chi connectivity index (χ3n) is 3.17. The zero-order chi connectivity index (χ0) is 13.8. The molecule has 0 amide bonds. The van der Waals surface area contributed by atoms with Crippen molar-refractivity contribution in [2.24, 2.45) is 7.05 Å². The number of aromatic nitrogens is 2. The van der Waals surface area contributed by atoms with Crippen molar-refractivity contribution in [3.63, 3.8) is 0 Å². The van der Waals surface area contributed by atoms with E-state index in [0.717, 1.165) is 17.7 Å². The Balaban J connectivity index is 2.24. The number of unbranched alkanes of at least 4 members (excludes halogenated alkanes) is 1. The second-order valence-electron chi connectivity index (χ2n) is 4.64. The summed E-state index contributed by atoms with van der Waals surface area (Å²) in [7, 11) is 1.76. The van der Waals surface area contributed by atoms with Gasteiger partial charge in [0.05, 0.1) is 5.69 Å². The number of carbonyl (C=O) groups is 1. The molecular weight excluding hydrogens is 240 g/mol. The van der Waals surface area contributed by atoms with E-state index >= 15 is 0 Å². The van der Waals surface area contributed by atoms with Crippen LogP contribution >= 0.6 is 0 Å². The predicted octanol–water partition coefficient (Wildman–Crippen LogP) is 3.13. The second kappa shape index (κ2) is 5.69. The van der Waals surface area contributed by atoms with Gasteiger partial charge < -0.3 is 5.11 Å². The summed E-state index contributed by atoms with van der Waals surface area (Å²) in [6, 6.07) is 9.83. The molecule has 0 fully saturated rings. The van der Waals surface area contributed by atoms with Gasteiger partial charge in [0.2, 0.25) is 0 Å². The highest BCUT2D eigenvalue weighted by Gasteiger charge is 2.12. The molecular formula is C15H18N2O2. The largest absolute Gasteiger partial charge is 0.476 e. The van der Waals surface area contributed by atoms with Crippen LogP contribution < -0.4 is 0 Å². The van der Waals surface area contributed by atoms with E-state index in [2.05, 4.69) is 24.2 Å². The Morgan fingerprint density at radius 2 is 2.00 bits per heavy atom. The molecule has 0 spiro atoms. The molecule has 0 atom stereocenters. The first kappa shape index (κ1) is 13.3. The van der Waals surface area contributed by atoms with Crippen molar-refractivity contribution in [3.05, 3.63) is 41.6 Å². The first-order valence-corrected chi connectivity index (χ1v) is 6.48. The van der Waals surface area contributed by atoms with Crippen molar-refractivity contribution >= 4 is 5.97 Å². The van der Waals surface area contributed by atoms with Crippen LogP contribution in [0, 0.1) is 0 Å². The Morgan fingerprint density at radius 1 is 1.32 bits per heavy atom. The van der Waals surface area contributed by atoms with Gasteiger partial charge in [-0.05, 0) is 30.0 Å². The first-order valence-electron chi connectivity index (χ1n) is 6.48. The number of aryl methyl sites for hydroxylation is 2. The SMILES string of the molecule is CCCCc1ccc(-c2cc(C(=O)O)nn2C)cc1. The van der Waals surface area contributed by atoms with Crippen molar-refractivity contribution in [2.75, 3.05) is 0 Å². The van der Waals surface area contributed by atoms with Gasteiger partial charge in [-0.3, -0.25) is 4.68 Å². The molecule has 0 saturated carbocycles.